The number of fused-ring (bicyclic) bond motifs is 2. The first kappa shape index (κ1) is 13.2. The molecule has 0 nitrogen and oxygen atoms in total. The molecule has 0 spiro atoms. The first-order chi connectivity index (χ1) is 10.4. The van der Waals surface area contributed by atoms with Crippen molar-refractivity contribution in [2.24, 2.45) is 0 Å². The molecule has 2 aromatic carbocycles. The number of hydrogen-bond acceptors (Lipinski definition) is 1. The van der Waals surface area contributed by atoms with E-state index < -0.39 is 0 Å². The molecule has 1 saturated heterocycles. The Morgan fingerprint density at radius 3 is 2.24 bits per heavy atom. The highest BCUT2D eigenvalue weighted by Crippen LogP contribution is 2.43. The molecular formula is C20H20S. The molecule has 2 aliphatic heterocycles. The lowest BCUT2D eigenvalue weighted by Gasteiger charge is -2.33. The van der Waals surface area contributed by atoms with Crippen molar-refractivity contribution in [2.75, 3.05) is 0 Å². The molecule has 0 radical (unpaired) electrons. The highest BCUT2D eigenvalue weighted by molar-refractivity contribution is 8.00. The third-order valence-electron chi connectivity index (χ3n) is 4.58. The fourth-order valence-electron chi connectivity index (χ4n) is 3.46. The number of allylic oxidation sites excluding steroid dienone is 1. The van der Waals surface area contributed by atoms with Gasteiger partial charge in [0.15, 0.2) is 0 Å². The molecule has 0 amide bonds. The van der Waals surface area contributed by atoms with Crippen molar-refractivity contribution in [1.82, 2.24) is 0 Å². The second-order valence-electron chi connectivity index (χ2n) is 6.07. The fraction of sp³-hybridized carbons (Fsp3) is 0.300. The van der Waals surface area contributed by atoms with Crippen LogP contribution in [0.4, 0.5) is 0 Å². The molecule has 0 saturated carbocycles. The topological polar surface area (TPSA) is 0 Å². The van der Waals surface area contributed by atoms with E-state index in [4.69, 9.17) is 0 Å². The first-order valence-corrected chi connectivity index (χ1v) is 8.85. The van der Waals surface area contributed by atoms with E-state index in [2.05, 4.69) is 72.4 Å². The van der Waals surface area contributed by atoms with Crippen LogP contribution in [0, 0.1) is 0 Å². The molecule has 0 aromatic heterocycles. The smallest absolute Gasteiger partial charge is 0.0235 e. The van der Waals surface area contributed by atoms with Gasteiger partial charge in [-0.1, -0.05) is 67.1 Å². The predicted molar refractivity (Wildman–Crippen MR) is 93.5 cm³/mol. The van der Waals surface area contributed by atoms with Crippen LogP contribution in [-0.2, 0) is 0 Å². The van der Waals surface area contributed by atoms with Gasteiger partial charge >= 0.3 is 0 Å². The molecular weight excluding hydrogens is 272 g/mol. The second-order valence-corrected chi connectivity index (χ2v) is 7.61. The molecule has 2 heterocycles. The van der Waals surface area contributed by atoms with E-state index in [1.165, 1.54) is 42.4 Å². The molecule has 2 aliphatic rings. The van der Waals surface area contributed by atoms with Crippen molar-refractivity contribution in [3.63, 3.8) is 0 Å². The van der Waals surface area contributed by atoms with Crippen LogP contribution in [0.15, 0.2) is 60.7 Å². The van der Waals surface area contributed by atoms with Crippen molar-refractivity contribution in [3.8, 4) is 11.1 Å². The summed E-state index contributed by atoms with van der Waals surface area (Å²) in [4.78, 5) is 0. The van der Waals surface area contributed by atoms with Crippen LogP contribution in [0.1, 0.15) is 31.2 Å². The average molecular weight is 292 g/mol. The summed E-state index contributed by atoms with van der Waals surface area (Å²) in [6.07, 6.45) is 7.97. The van der Waals surface area contributed by atoms with Gasteiger partial charge in [-0.05, 0) is 41.5 Å². The summed E-state index contributed by atoms with van der Waals surface area (Å²) >= 11 is 2.20. The van der Waals surface area contributed by atoms with E-state index in [1.54, 1.807) is 5.57 Å². The van der Waals surface area contributed by atoms with Crippen LogP contribution in [0.5, 0.6) is 0 Å². The Labute approximate surface area is 131 Å². The quantitative estimate of drug-likeness (QED) is 0.674. The van der Waals surface area contributed by atoms with Crippen molar-refractivity contribution >= 4 is 17.3 Å². The van der Waals surface area contributed by atoms with Crippen molar-refractivity contribution in [2.45, 2.75) is 36.2 Å². The normalized spacial score (nSPS) is 24.5. The van der Waals surface area contributed by atoms with Crippen LogP contribution < -0.4 is 0 Å². The van der Waals surface area contributed by atoms with Crippen LogP contribution in [0.2, 0.25) is 0 Å². The third kappa shape index (κ3) is 2.80. The van der Waals surface area contributed by atoms with Crippen molar-refractivity contribution in [3.05, 3.63) is 66.2 Å². The number of hydrogen-bond donors (Lipinski definition) is 0. The van der Waals surface area contributed by atoms with E-state index in [1.807, 2.05) is 0 Å². The lowest BCUT2D eigenvalue weighted by atomic mass is 9.92. The van der Waals surface area contributed by atoms with Gasteiger partial charge in [0.25, 0.3) is 0 Å². The molecule has 0 N–H and O–H groups in total. The predicted octanol–water partition coefficient (Wildman–Crippen LogP) is 5.80. The van der Waals surface area contributed by atoms with Crippen molar-refractivity contribution in [1.29, 1.82) is 0 Å². The number of rotatable bonds is 2. The Bertz CT molecular complexity index is 639. The monoisotopic (exact) mass is 292 g/mol. The summed E-state index contributed by atoms with van der Waals surface area (Å²) in [5.41, 5.74) is 5.61. The van der Waals surface area contributed by atoms with Gasteiger partial charge in [-0.3, -0.25) is 0 Å². The summed E-state index contributed by atoms with van der Waals surface area (Å²) in [5.74, 6) is 0. The Morgan fingerprint density at radius 2 is 1.48 bits per heavy atom. The van der Waals surface area contributed by atoms with Gasteiger partial charge in [-0.25, -0.2) is 0 Å². The molecule has 2 unspecified atom stereocenters. The summed E-state index contributed by atoms with van der Waals surface area (Å²) in [7, 11) is 0. The van der Waals surface area contributed by atoms with Gasteiger partial charge in [-0.15, -0.1) is 0 Å². The highest BCUT2D eigenvalue weighted by Gasteiger charge is 2.27. The lowest BCUT2D eigenvalue weighted by molar-refractivity contribution is 0.630. The second kappa shape index (κ2) is 5.73. The van der Waals surface area contributed by atoms with Gasteiger partial charge in [0, 0.05) is 10.5 Å². The maximum absolute atomic E-state index is 2.53. The molecule has 1 heteroatoms. The molecule has 106 valence electrons. The highest BCUT2D eigenvalue weighted by atomic mass is 32.2. The lowest BCUT2D eigenvalue weighted by Crippen LogP contribution is -2.21. The van der Waals surface area contributed by atoms with Gasteiger partial charge < -0.3 is 0 Å². The molecule has 2 bridgehead atoms. The zero-order chi connectivity index (χ0) is 14.1. The number of benzene rings is 2. The summed E-state index contributed by atoms with van der Waals surface area (Å²) < 4.78 is 0. The molecule has 21 heavy (non-hydrogen) atoms. The van der Waals surface area contributed by atoms with Gasteiger partial charge in [-0.2, -0.15) is 11.8 Å². The number of thioether (sulfide) groups is 1. The minimum absolute atomic E-state index is 0.765. The van der Waals surface area contributed by atoms with Crippen LogP contribution in [-0.4, -0.2) is 10.5 Å². The zero-order valence-corrected chi connectivity index (χ0v) is 13.0. The van der Waals surface area contributed by atoms with Gasteiger partial charge in [0.2, 0.25) is 0 Å². The standard InChI is InChI=1S/C20H20S/c1-2-5-15(6-3-1)16-9-11-17(12-10-16)18-13-19-7-4-8-20(14-18)21-19/h1-3,5-6,9-13,19-20H,4,7-8,14H2. The molecule has 4 rings (SSSR count). The van der Waals surface area contributed by atoms with E-state index in [-0.39, 0.29) is 0 Å². The van der Waals surface area contributed by atoms with Gasteiger partial charge in [0.05, 0.1) is 0 Å². The first-order valence-electron chi connectivity index (χ1n) is 7.90. The summed E-state index contributed by atoms with van der Waals surface area (Å²) in [6.45, 7) is 0. The Kier molecular flexibility index (Phi) is 3.60. The van der Waals surface area contributed by atoms with E-state index >= 15 is 0 Å². The molecule has 2 aromatic rings. The van der Waals surface area contributed by atoms with E-state index in [0.717, 1.165) is 10.5 Å². The molecule has 1 fully saturated rings. The maximum atomic E-state index is 2.53. The minimum atomic E-state index is 0.765. The molecule has 0 aliphatic carbocycles. The molecule has 2 atom stereocenters. The summed E-state index contributed by atoms with van der Waals surface area (Å²) in [5, 5.41) is 1.62. The largest absolute Gasteiger partial charge is 0.151 e. The van der Waals surface area contributed by atoms with Crippen LogP contribution in [0.3, 0.4) is 0 Å². The fourth-order valence-corrected chi connectivity index (χ4v) is 5.08. The van der Waals surface area contributed by atoms with Gasteiger partial charge in [0.1, 0.15) is 0 Å². The van der Waals surface area contributed by atoms with E-state index in [9.17, 15) is 0 Å². The Morgan fingerprint density at radius 1 is 0.762 bits per heavy atom. The van der Waals surface area contributed by atoms with Crippen LogP contribution in [0.25, 0.3) is 16.7 Å². The van der Waals surface area contributed by atoms with Crippen LogP contribution >= 0.6 is 11.8 Å². The zero-order valence-electron chi connectivity index (χ0n) is 12.2. The summed E-state index contributed by atoms with van der Waals surface area (Å²) in [6, 6.07) is 19.8. The SMILES string of the molecule is C1=C(c2ccc(-c3ccccc3)cc2)CC2CCCC1S2. The van der Waals surface area contributed by atoms with E-state index in [0.29, 0.717) is 0 Å². The Balaban J connectivity index is 1.61. The third-order valence-corrected chi connectivity index (χ3v) is 6.09. The Hall–Kier alpha value is -1.47. The minimum Gasteiger partial charge on any atom is -0.151 e. The maximum Gasteiger partial charge on any atom is 0.0235 e. The van der Waals surface area contributed by atoms with Crippen molar-refractivity contribution < 1.29 is 0 Å². The average Bonchev–Trinajstić information content (AvgIpc) is 2.55.